The summed E-state index contributed by atoms with van der Waals surface area (Å²) in [6.07, 6.45) is 2.62. The Balaban J connectivity index is 1.70. The Hall–Kier alpha value is 0.170. The zero-order valence-corrected chi connectivity index (χ0v) is 10.2. The Labute approximate surface area is 96.5 Å². The number of rotatable bonds is 3. The van der Waals surface area contributed by atoms with Gasteiger partial charge in [-0.1, -0.05) is 0 Å². The van der Waals surface area contributed by atoms with Crippen LogP contribution in [0.25, 0.3) is 0 Å². The van der Waals surface area contributed by atoms with E-state index >= 15 is 0 Å². The molecule has 0 spiro atoms. The molecule has 0 aromatic rings. The van der Waals surface area contributed by atoms with Gasteiger partial charge in [-0.3, -0.25) is 0 Å². The topological polar surface area (TPSA) is 30.5 Å². The van der Waals surface area contributed by atoms with Gasteiger partial charge in [0.2, 0.25) is 0 Å². The molecular weight excluding hydrogens is 214 g/mol. The Morgan fingerprint density at radius 3 is 2.73 bits per heavy atom. The van der Waals surface area contributed by atoms with Gasteiger partial charge in [0.25, 0.3) is 0 Å². The minimum Gasteiger partial charge on any atom is -0.378 e. The van der Waals surface area contributed by atoms with E-state index in [9.17, 15) is 0 Å². The van der Waals surface area contributed by atoms with Gasteiger partial charge in [-0.25, -0.2) is 0 Å². The lowest BCUT2D eigenvalue weighted by Crippen LogP contribution is -2.41. The van der Waals surface area contributed by atoms with Gasteiger partial charge in [-0.05, 0) is 26.7 Å². The van der Waals surface area contributed by atoms with Gasteiger partial charge in [0.05, 0.1) is 30.3 Å². The first-order valence-electron chi connectivity index (χ1n) is 5.70. The average molecular weight is 234 g/mol. The van der Waals surface area contributed by atoms with Gasteiger partial charge in [-0.2, -0.15) is 0 Å². The number of nitrogens with one attached hydrogen (secondary N) is 1. The van der Waals surface area contributed by atoms with Crippen LogP contribution >= 0.6 is 11.6 Å². The fraction of sp³-hybridized carbons (Fsp3) is 1.00. The van der Waals surface area contributed by atoms with Gasteiger partial charge in [0.1, 0.15) is 0 Å². The largest absolute Gasteiger partial charge is 0.378 e. The van der Waals surface area contributed by atoms with Gasteiger partial charge in [0.15, 0.2) is 0 Å². The molecule has 3 nitrogen and oxygen atoms in total. The van der Waals surface area contributed by atoms with Crippen LogP contribution in [0.3, 0.4) is 0 Å². The molecule has 15 heavy (non-hydrogen) atoms. The van der Waals surface area contributed by atoms with E-state index in [1.165, 1.54) is 0 Å². The van der Waals surface area contributed by atoms with E-state index in [4.69, 9.17) is 21.1 Å². The van der Waals surface area contributed by atoms with Crippen molar-refractivity contribution in [1.82, 2.24) is 5.32 Å². The molecule has 2 saturated heterocycles. The van der Waals surface area contributed by atoms with Crippen molar-refractivity contribution in [2.75, 3.05) is 19.8 Å². The maximum Gasteiger partial charge on any atom is 0.0745 e. The quantitative estimate of drug-likeness (QED) is 0.751. The maximum absolute atomic E-state index is 6.09. The monoisotopic (exact) mass is 233 g/mol. The van der Waals surface area contributed by atoms with E-state index in [1.807, 2.05) is 0 Å². The second-order valence-electron chi connectivity index (χ2n) is 5.11. The third-order valence-electron chi connectivity index (χ3n) is 3.17. The molecule has 0 aromatic heterocycles. The molecule has 0 aliphatic carbocycles. The molecule has 0 bridgehead atoms. The van der Waals surface area contributed by atoms with Crippen LogP contribution in [-0.2, 0) is 9.47 Å². The number of hydrogen-bond acceptors (Lipinski definition) is 3. The molecule has 0 amide bonds. The number of hydrogen-bond donors (Lipinski definition) is 1. The highest BCUT2D eigenvalue weighted by molar-refractivity contribution is 6.21. The van der Waals surface area contributed by atoms with E-state index in [2.05, 4.69) is 19.2 Å². The molecule has 0 radical (unpaired) electrons. The van der Waals surface area contributed by atoms with Crippen molar-refractivity contribution >= 4 is 11.6 Å². The molecule has 3 atom stereocenters. The van der Waals surface area contributed by atoms with Crippen LogP contribution in [0.1, 0.15) is 26.7 Å². The summed E-state index contributed by atoms with van der Waals surface area (Å²) >= 11 is 6.09. The molecule has 2 aliphatic rings. The molecule has 2 rings (SSSR count). The van der Waals surface area contributed by atoms with Crippen molar-refractivity contribution in [2.24, 2.45) is 0 Å². The van der Waals surface area contributed by atoms with Crippen LogP contribution in [0, 0.1) is 0 Å². The molecule has 0 saturated carbocycles. The first-order valence-corrected chi connectivity index (χ1v) is 6.13. The molecule has 2 fully saturated rings. The van der Waals surface area contributed by atoms with Crippen LogP contribution in [0.5, 0.6) is 0 Å². The molecule has 1 N–H and O–H groups in total. The number of halogens is 1. The Morgan fingerprint density at radius 2 is 2.20 bits per heavy atom. The first-order chi connectivity index (χ1) is 7.07. The fourth-order valence-corrected chi connectivity index (χ4v) is 2.47. The van der Waals surface area contributed by atoms with Gasteiger partial charge in [-0.15, -0.1) is 11.6 Å². The number of ether oxygens (including phenoxy) is 2. The fourth-order valence-electron chi connectivity index (χ4n) is 2.22. The minimum atomic E-state index is 0.0545. The normalized spacial score (nSPS) is 39.8. The Bertz CT molecular complexity index is 223. The molecule has 3 unspecified atom stereocenters. The molecule has 88 valence electrons. The van der Waals surface area contributed by atoms with Crippen molar-refractivity contribution in [3.63, 3.8) is 0 Å². The van der Waals surface area contributed by atoms with Crippen LogP contribution in [-0.4, -0.2) is 42.9 Å². The average Bonchev–Trinajstić information content (AvgIpc) is 2.69. The second-order valence-corrected chi connectivity index (χ2v) is 5.67. The van der Waals surface area contributed by atoms with Crippen LogP contribution in [0.15, 0.2) is 0 Å². The Kier molecular flexibility index (Phi) is 3.56. The SMILES string of the molecule is CC1(C)CCC(CNC2COCC2Cl)O1. The molecule has 0 aromatic carbocycles. The van der Waals surface area contributed by atoms with Crippen LogP contribution < -0.4 is 5.32 Å². The van der Waals surface area contributed by atoms with Crippen molar-refractivity contribution in [3.05, 3.63) is 0 Å². The third-order valence-corrected chi connectivity index (χ3v) is 3.60. The summed E-state index contributed by atoms with van der Waals surface area (Å²) in [5.41, 5.74) is 0.0545. The minimum absolute atomic E-state index is 0.0545. The van der Waals surface area contributed by atoms with Crippen LogP contribution in [0.4, 0.5) is 0 Å². The summed E-state index contributed by atoms with van der Waals surface area (Å²) in [7, 11) is 0. The summed E-state index contributed by atoms with van der Waals surface area (Å²) in [5.74, 6) is 0. The summed E-state index contributed by atoms with van der Waals surface area (Å²) in [4.78, 5) is 0. The Morgan fingerprint density at radius 1 is 1.40 bits per heavy atom. The predicted molar refractivity (Wildman–Crippen MR) is 60.4 cm³/mol. The van der Waals surface area contributed by atoms with E-state index < -0.39 is 0 Å². The lowest BCUT2D eigenvalue weighted by molar-refractivity contribution is -0.0151. The summed E-state index contributed by atoms with van der Waals surface area (Å²) in [5, 5.41) is 3.54. The highest BCUT2D eigenvalue weighted by Gasteiger charge is 2.33. The summed E-state index contributed by atoms with van der Waals surface area (Å²) in [6.45, 7) is 6.58. The zero-order chi connectivity index (χ0) is 10.9. The standard InChI is InChI=1S/C11H20ClNO2/c1-11(2)4-3-8(15-11)5-13-10-7-14-6-9(10)12/h8-10,13H,3-7H2,1-2H3. The number of alkyl halides is 1. The van der Waals surface area contributed by atoms with Crippen molar-refractivity contribution in [2.45, 2.75) is 49.8 Å². The lowest BCUT2D eigenvalue weighted by atomic mass is 10.1. The van der Waals surface area contributed by atoms with Gasteiger partial charge >= 0.3 is 0 Å². The lowest BCUT2D eigenvalue weighted by Gasteiger charge is -2.21. The van der Waals surface area contributed by atoms with E-state index in [0.29, 0.717) is 18.8 Å². The zero-order valence-electron chi connectivity index (χ0n) is 9.46. The highest BCUT2D eigenvalue weighted by atomic mass is 35.5. The molecular formula is C11H20ClNO2. The first kappa shape index (κ1) is 11.6. The molecule has 2 heterocycles. The summed E-state index contributed by atoms with van der Waals surface area (Å²) in [6, 6.07) is 0.291. The molecule has 4 heteroatoms. The third kappa shape index (κ3) is 3.06. The van der Waals surface area contributed by atoms with Gasteiger partial charge < -0.3 is 14.8 Å². The van der Waals surface area contributed by atoms with Gasteiger partial charge in [0, 0.05) is 12.6 Å². The smallest absolute Gasteiger partial charge is 0.0745 e. The van der Waals surface area contributed by atoms with Crippen molar-refractivity contribution < 1.29 is 9.47 Å². The van der Waals surface area contributed by atoms with E-state index in [0.717, 1.165) is 26.0 Å². The van der Waals surface area contributed by atoms with Crippen molar-refractivity contribution in [3.8, 4) is 0 Å². The van der Waals surface area contributed by atoms with E-state index in [-0.39, 0.29) is 11.0 Å². The van der Waals surface area contributed by atoms with E-state index in [1.54, 1.807) is 0 Å². The highest BCUT2D eigenvalue weighted by Crippen LogP contribution is 2.29. The molecule has 2 aliphatic heterocycles. The summed E-state index contributed by atoms with van der Waals surface area (Å²) < 4.78 is 11.2. The second kappa shape index (κ2) is 4.58. The van der Waals surface area contributed by atoms with Crippen LogP contribution in [0.2, 0.25) is 0 Å². The maximum atomic E-state index is 6.09. The van der Waals surface area contributed by atoms with Crippen molar-refractivity contribution in [1.29, 1.82) is 0 Å². The predicted octanol–water partition coefficient (Wildman–Crippen LogP) is 1.54.